The fourth-order valence-electron chi connectivity index (χ4n) is 1.83. The minimum atomic E-state index is -0.0208. The minimum Gasteiger partial charge on any atom is -0.396 e. The summed E-state index contributed by atoms with van der Waals surface area (Å²) in [4.78, 5) is 4.62. The molecule has 66 valence electrons. The number of hydrogen-bond donors (Lipinski definition) is 2. The van der Waals surface area contributed by atoms with Gasteiger partial charge in [-0.2, -0.15) is 0 Å². The lowest BCUT2D eigenvalue weighted by Gasteiger charge is -2.34. The van der Waals surface area contributed by atoms with Crippen LogP contribution in [0.25, 0.3) is 0 Å². The van der Waals surface area contributed by atoms with Crippen molar-refractivity contribution < 1.29 is 9.94 Å². The maximum absolute atomic E-state index is 9.14. The van der Waals surface area contributed by atoms with Crippen LogP contribution < -0.4 is 5.90 Å². The SMILES string of the molecule is NOCC1(CO)CCCCC1. The van der Waals surface area contributed by atoms with E-state index in [-0.39, 0.29) is 12.0 Å². The lowest BCUT2D eigenvalue weighted by atomic mass is 9.75. The van der Waals surface area contributed by atoms with Crippen LogP contribution in [0.3, 0.4) is 0 Å². The third kappa shape index (κ3) is 2.15. The summed E-state index contributed by atoms with van der Waals surface area (Å²) in [5.41, 5.74) is -0.0208. The molecular weight excluding hydrogens is 142 g/mol. The van der Waals surface area contributed by atoms with E-state index in [0.717, 1.165) is 12.8 Å². The summed E-state index contributed by atoms with van der Waals surface area (Å²) in [6.07, 6.45) is 5.79. The van der Waals surface area contributed by atoms with Gasteiger partial charge in [-0.1, -0.05) is 19.3 Å². The third-order valence-corrected chi connectivity index (χ3v) is 2.64. The fraction of sp³-hybridized carbons (Fsp3) is 1.00. The summed E-state index contributed by atoms with van der Waals surface area (Å²) in [6.45, 7) is 0.716. The molecule has 0 bridgehead atoms. The van der Waals surface area contributed by atoms with E-state index in [0.29, 0.717) is 6.61 Å². The first-order chi connectivity index (χ1) is 5.33. The van der Waals surface area contributed by atoms with E-state index in [1.54, 1.807) is 0 Å². The highest BCUT2D eigenvalue weighted by Gasteiger charge is 2.31. The molecule has 11 heavy (non-hydrogen) atoms. The Hall–Kier alpha value is -0.120. The number of aliphatic hydroxyl groups is 1. The zero-order chi connectivity index (χ0) is 8.16. The van der Waals surface area contributed by atoms with Gasteiger partial charge in [0.2, 0.25) is 0 Å². The molecule has 0 radical (unpaired) electrons. The Morgan fingerprint density at radius 2 is 1.91 bits per heavy atom. The van der Waals surface area contributed by atoms with E-state index in [4.69, 9.17) is 11.0 Å². The molecule has 0 aliphatic heterocycles. The smallest absolute Gasteiger partial charge is 0.0757 e. The summed E-state index contributed by atoms with van der Waals surface area (Å²) in [6, 6.07) is 0. The maximum Gasteiger partial charge on any atom is 0.0757 e. The Balaban J connectivity index is 2.42. The molecule has 0 unspecified atom stereocenters. The topological polar surface area (TPSA) is 55.5 Å². The van der Waals surface area contributed by atoms with Gasteiger partial charge in [-0.15, -0.1) is 0 Å². The van der Waals surface area contributed by atoms with Gasteiger partial charge in [0.05, 0.1) is 13.2 Å². The summed E-state index contributed by atoms with van der Waals surface area (Å²) in [5, 5.41) is 9.14. The zero-order valence-corrected chi connectivity index (χ0v) is 6.88. The molecule has 1 aliphatic carbocycles. The lowest BCUT2D eigenvalue weighted by molar-refractivity contribution is -0.0171. The highest BCUT2D eigenvalue weighted by atomic mass is 16.6. The Kier molecular flexibility index (Phi) is 3.30. The van der Waals surface area contributed by atoms with Gasteiger partial charge in [0, 0.05) is 5.41 Å². The molecule has 0 aromatic heterocycles. The van der Waals surface area contributed by atoms with Crippen molar-refractivity contribution in [2.45, 2.75) is 32.1 Å². The van der Waals surface area contributed by atoms with E-state index in [9.17, 15) is 0 Å². The lowest BCUT2D eigenvalue weighted by Crippen LogP contribution is -2.34. The van der Waals surface area contributed by atoms with Gasteiger partial charge >= 0.3 is 0 Å². The van der Waals surface area contributed by atoms with Crippen LogP contribution in [0.4, 0.5) is 0 Å². The van der Waals surface area contributed by atoms with Crippen LogP contribution in [0.15, 0.2) is 0 Å². The maximum atomic E-state index is 9.14. The van der Waals surface area contributed by atoms with Crippen molar-refractivity contribution >= 4 is 0 Å². The number of hydrogen-bond acceptors (Lipinski definition) is 3. The predicted molar refractivity (Wildman–Crippen MR) is 42.7 cm³/mol. The van der Waals surface area contributed by atoms with Gasteiger partial charge < -0.3 is 9.94 Å². The molecule has 0 amide bonds. The molecule has 3 heteroatoms. The van der Waals surface area contributed by atoms with Gasteiger partial charge in [0.15, 0.2) is 0 Å². The van der Waals surface area contributed by atoms with Crippen molar-refractivity contribution in [2.24, 2.45) is 11.3 Å². The van der Waals surface area contributed by atoms with E-state index < -0.39 is 0 Å². The molecule has 3 nitrogen and oxygen atoms in total. The summed E-state index contributed by atoms with van der Waals surface area (Å²) in [7, 11) is 0. The Bertz CT molecular complexity index is 105. The molecule has 0 saturated heterocycles. The molecule has 1 saturated carbocycles. The van der Waals surface area contributed by atoms with Crippen molar-refractivity contribution in [1.82, 2.24) is 0 Å². The first-order valence-electron chi connectivity index (χ1n) is 4.25. The van der Waals surface area contributed by atoms with Crippen LogP contribution in [0.1, 0.15) is 32.1 Å². The molecule has 1 rings (SSSR count). The largest absolute Gasteiger partial charge is 0.396 e. The van der Waals surface area contributed by atoms with E-state index >= 15 is 0 Å². The molecule has 1 aliphatic rings. The second kappa shape index (κ2) is 4.04. The van der Waals surface area contributed by atoms with E-state index in [1.807, 2.05) is 0 Å². The molecule has 0 aromatic rings. The van der Waals surface area contributed by atoms with Crippen LogP contribution in [0.5, 0.6) is 0 Å². The molecule has 0 aromatic carbocycles. The highest BCUT2D eigenvalue weighted by Crippen LogP contribution is 2.35. The molecule has 0 heterocycles. The number of nitrogens with two attached hydrogens (primary N) is 1. The molecular formula is C8H17NO2. The van der Waals surface area contributed by atoms with E-state index in [1.165, 1.54) is 19.3 Å². The van der Waals surface area contributed by atoms with E-state index in [2.05, 4.69) is 4.84 Å². The molecule has 0 atom stereocenters. The zero-order valence-electron chi connectivity index (χ0n) is 6.88. The van der Waals surface area contributed by atoms with Crippen LogP contribution in [0.2, 0.25) is 0 Å². The Morgan fingerprint density at radius 1 is 1.27 bits per heavy atom. The predicted octanol–water partition coefficient (Wildman–Crippen LogP) is 0.819. The second-order valence-corrected chi connectivity index (χ2v) is 3.53. The second-order valence-electron chi connectivity index (χ2n) is 3.53. The normalized spacial score (nSPS) is 23.5. The van der Waals surface area contributed by atoms with Crippen molar-refractivity contribution in [2.75, 3.05) is 13.2 Å². The molecule has 3 N–H and O–H groups in total. The van der Waals surface area contributed by atoms with Crippen LogP contribution in [-0.2, 0) is 4.84 Å². The Morgan fingerprint density at radius 3 is 2.36 bits per heavy atom. The third-order valence-electron chi connectivity index (χ3n) is 2.64. The quantitative estimate of drug-likeness (QED) is 0.599. The van der Waals surface area contributed by atoms with Crippen LogP contribution in [0, 0.1) is 5.41 Å². The average Bonchev–Trinajstić information content (AvgIpc) is 2.07. The summed E-state index contributed by atoms with van der Waals surface area (Å²) in [5.74, 6) is 5.01. The van der Waals surface area contributed by atoms with Crippen LogP contribution in [-0.4, -0.2) is 18.3 Å². The molecule has 1 fully saturated rings. The van der Waals surface area contributed by atoms with Crippen molar-refractivity contribution in [3.63, 3.8) is 0 Å². The average molecular weight is 159 g/mol. The summed E-state index contributed by atoms with van der Waals surface area (Å²) < 4.78 is 0. The first kappa shape index (κ1) is 8.97. The van der Waals surface area contributed by atoms with Crippen molar-refractivity contribution in [1.29, 1.82) is 0 Å². The van der Waals surface area contributed by atoms with Gasteiger partial charge in [0.1, 0.15) is 0 Å². The fourth-order valence-corrected chi connectivity index (χ4v) is 1.83. The highest BCUT2D eigenvalue weighted by molar-refractivity contribution is 4.81. The standard InChI is InChI=1S/C8H17NO2/c9-11-7-8(6-10)4-2-1-3-5-8/h10H,1-7,9H2. The molecule has 0 spiro atoms. The monoisotopic (exact) mass is 159 g/mol. The van der Waals surface area contributed by atoms with Gasteiger partial charge in [-0.3, -0.25) is 0 Å². The summed E-state index contributed by atoms with van der Waals surface area (Å²) >= 11 is 0. The van der Waals surface area contributed by atoms with Gasteiger partial charge in [-0.05, 0) is 12.8 Å². The Labute approximate surface area is 67.5 Å². The van der Waals surface area contributed by atoms with Crippen LogP contribution >= 0.6 is 0 Å². The number of aliphatic hydroxyl groups excluding tert-OH is 1. The van der Waals surface area contributed by atoms with Crippen molar-refractivity contribution in [3.05, 3.63) is 0 Å². The first-order valence-corrected chi connectivity index (χ1v) is 4.25. The number of rotatable bonds is 3. The van der Waals surface area contributed by atoms with Gasteiger partial charge in [0.25, 0.3) is 0 Å². The minimum absolute atomic E-state index is 0.0208. The van der Waals surface area contributed by atoms with Gasteiger partial charge in [-0.25, -0.2) is 5.90 Å². The van der Waals surface area contributed by atoms with Crippen molar-refractivity contribution in [3.8, 4) is 0 Å².